The van der Waals surface area contributed by atoms with Gasteiger partial charge in [-0.3, -0.25) is 4.79 Å². The summed E-state index contributed by atoms with van der Waals surface area (Å²) in [6, 6.07) is 8.45. The molecule has 9 heteroatoms. The van der Waals surface area contributed by atoms with Crippen LogP contribution in [0.4, 0.5) is 5.13 Å². The van der Waals surface area contributed by atoms with Crippen molar-refractivity contribution in [2.75, 3.05) is 37.0 Å². The van der Waals surface area contributed by atoms with Crippen LogP contribution in [0, 0.1) is 0 Å². The molecule has 0 bridgehead atoms. The van der Waals surface area contributed by atoms with Crippen LogP contribution < -0.4 is 10.2 Å². The van der Waals surface area contributed by atoms with Crippen LogP contribution in [0.5, 0.6) is 0 Å². The summed E-state index contributed by atoms with van der Waals surface area (Å²) in [5.41, 5.74) is 3.27. The van der Waals surface area contributed by atoms with Gasteiger partial charge in [-0.05, 0) is 24.0 Å². The predicted octanol–water partition coefficient (Wildman–Crippen LogP) is 2.82. The Hall–Kier alpha value is -2.23. The molecule has 5 rings (SSSR count). The SMILES string of the molecule is O=C(CSc1ncnc2nc(N3CCOCC3)sc12)N[C@H]1CCc2ccccc21. The van der Waals surface area contributed by atoms with Crippen molar-refractivity contribution in [1.82, 2.24) is 20.3 Å². The summed E-state index contributed by atoms with van der Waals surface area (Å²) < 4.78 is 6.36. The second kappa shape index (κ2) is 8.25. The van der Waals surface area contributed by atoms with E-state index in [0.29, 0.717) is 24.6 Å². The van der Waals surface area contributed by atoms with E-state index in [0.717, 1.165) is 40.8 Å². The number of amides is 1. The van der Waals surface area contributed by atoms with Gasteiger partial charge in [0.15, 0.2) is 10.8 Å². The van der Waals surface area contributed by atoms with Crippen molar-refractivity contribution >= 4 is 44.5 Å². The number of hydrogen-bond acceptors (Lipinski definition) is 8. The third kappa shape index (κ3) is 3.94. The first-order valence-electron chi connectivity index (χ1n) is 9.72. The maximum atomic E-state index is 12.6. The first-order valence-corrected chi connectivity index (χ1v) is 11.5. The first kappa shape index (κ1) is 18.8. The molecule has 0 unspecified atom stereocenters. The number of thioether (sulfide) groups is 1. The summed E-state index contributed by atoms with van der Waals surface area (Å²) in [4.78, 5) is 28.1. The number of benzene rings is 1. The number of nitrogens with zero attached hydrogens (tertiary/aromatic N) is 4. The molecule has 7 nitrogen and oxygen atoms in total. The highest BCUT2D eigenvalue weighted by atomic mass is 32.2. The molecule has 29 heavy (non-hydrogen) atoms. The van der Waals surface area contributed by atoms with Gasteiger partial charge in [0, 0.05) is 13.1 Å². The van der Waals surface area contributed by atoms with Gasteiger partial charge in [0.25, 0.3) is 0 Å². The molecule has 0 saturated carbocycles. The highest BCUT2D eigenvalue weighted by molar-refractivity contribution is 8.00. The van der Waals surface area contributed by atoms with Gasteiger partial charge in [-0.2, -0.15) is 4.98 Å². The van der Waals surface area contributed by atoms with E-state index in [1.54, 1.807) is 11.3 Å². The smallest absolute Gasteiger partial charge is 0.230 e. The molecule has 1 atom stereocenters. The zero-order chi connectivity index (χ0) is 19.6. The van der Waals surface area contributed by atoms with Crippen LogP contribution in [0.1, 0.15) is 23.6 Å². The summed E-state index contributed by atoms with van der Waals surface area (Å²) in [6.07, 6.45) is 3.51. The summed E-state index contributed by atoms with van der Waals surface area (Å²) in [5, 5.41) is 4.93. The van der Waals surface area contributed by atoms with Gasteiger partial charge in [0.05, 0.1) is 25.0 Å². The van der Waals surface area contributed by atoms with E-state index >= 15 is 0 Å². The Morgan fingerprint density at radius 1 is 1.28 bits per heavy atom. The molecule has 1 aliphatic carbocycles. The summed E-state index contributed by atoms with van der Waals surface area (Å²) in [6.45, 7) is 3.10. The number of aryl methyl sites for hydroxylation is 1. The van der Waals surface area contributed by atoms with Crippen LogP contribution >= 0.6 is 23.1 Å². The highest BCUT2D eigenvalue weighted by Crippen LogP contribution is 2.34. The monoisotopic (exact) mass is 427 g/mol. The Bertz CT molecular complexity index is 1030. The maximum absolute atomic E-state index is 12.6. The lowest BCUT2D eigenvalue weighted by Crippen LogP contribution is -2.36. The lowest BCUT2D eigenvalue weighted by Gasteiger charge is -2.25. The van der Waals surface area contributed by atoms with Crippen molar-refractivity contribution in [3.63, 3.8) is 0 Å². The van der Waals surface area contributed by atoms with Crippen LogP contribution in [0.3, 0.4) is 0 Å². The number of fused-ring (bicyclic) bond motifs is 2. The fraction of sp³-hybridized carbons (Fsp3) is 0.400. The Labute approximate surface area is 176 Å². The summed E-state index contributed by atoms with van der Waals surface area (Å²) in [7, 11) is 0. The van der Waals surface area contributed by atoms with E-state index in [4.69, 9.17) is 4.74 Å². The fourth-order valence-electron chi connectivity index (χ4n) is 3.79. The van der Waals surface area contributed by atoms with Gasteiger partial charge in [0.2, 0.25) is 5.91 Å². The fourth-order valence-corrected chi connectivity index (χ4v) is 5.75. The number of carbonyl (C=O) groups excluding carboxylic acids is 1. The van der Waals surface area contributed by atoms with Gasteiger partial charge in [0.1, 0.15) is 16.1 Å². The average Bonchev–Trinajstić information content (AvgIpc) is 3.38. The number of thiazole rings is 1. The van der Waals surface area contributed by atoms with E-state index in [-0.39, 0.29) is 11.9 Å². The Morgan fingerprint density at radius 3 is 3.03 bits per heavy atom. The van der Waals surface area contributed by atoms with Gasteiger partial charge in [-0.15, -0.1) is 0 Å². The molecule has 150 valence electrons. The van der Waals surface area contributed by atoms with Crippen LogP contribution in [0.2, 0.25) is 0 Å². The Morgan fingerprint density at radius 2 is 2.14 bits per heavy atom. The van der Waals surface area contributed by atoms with Crippen LogP contribution in [-0.4, -0.2) is 52.9 Å². The number of aromatic nitrogens is 3. The van der Waals surface area contributed by atoms with Gasteiger partial charge in [-0.1, -0.05) is 47.4 Å². The highest BCUT2D eigenvalue weighted by Gasteiger charge is 2.24. The molecular weight excluding hydrogens is 406 g/mol. The number of morpholine rings is 1. The topological polar surface area (TPSA) is 80.2 Å². The van der Waals surface area contributed by atoms with Gasteiger partial charge in [-0.25, -0.2) is 9.97 Å². The Kier molecular flexibility index (Phi) is 5.34. The van der Waals surface area contributed by atoms with E-state index in [9.17, 15) is 4.79 Å². The third-order valence-electron chi connectivity index (χ3n) is 5.24. The number of anilines is 1. The molecular formula is C20H21N5O2S2. The van der Waals surface area contributed by atoms with Gasteiger partial charge >= 0.3 is 0 Å². The van der Waals surface area contributed by atoms with Crippen molar-refractivity contribution in [3.05, 3.63) is 41.7 Å². The molecule has 1 N–H and O–H groups in total. The minimum atomic E-state index is 0.0291. The second-order valence-electron chi connectivity index (χ2n) is 7.07. The number of rotatable bonds is 5. The molecule has 1 fully saturated rings. The standard InChI is InChI=1S/C20H21N5O2S2/c26-16(23-15-6-5-13-3-1-2-4-14(13)15)11-28-19-17-18(21-12-22-19)24-20(29-17)25-7-9-27-10-8-25/h1-4,12,15H,5-11H2,(H,23,26)/t15-/m0/s1. The minimum Gasteiger partial charge on any atom is -0.378 e. The van der Waals surface area contributed by atoms with E-state index < -0.39 is 0 Å². The number of carbonyl (C=O) groups is 1. The predicted molar refractivity (Wildman–Crippen MR) is 115 cm³/mol. The third-order valence-corrected chi connectivity index (χ3v) is 7.47. The zero-order valence-electron chi connectivity index (χ0n) is 15.8. The Balaban J connectivity index is 1.26. The number of ether oxygens (including phenoxy) is 1. The van der Waals surface area contributed by atoms with Crippen molar-refractivity contribution < 1.29 is 9.53 Å². The quantitative estimate of drug-likeness (QED) is 0.495. The molecule has 3 heterocycles. The van der Waals surface area contributed by atoms with E-state index in [1.807, 2.05) is 6.07 Å². The van der Waals surface area contributed by atoms with Crippen molar-refractivity contribution in [1.29, 1.82) is 0 Å². The molecule has 1 saturated heterocycles. The van der Waals surface area contributed by atoms with E-state index in [1.165, 1.54) is 29.2 Å². The maximum Gasteiger partial charge on any atom is 0.230 e. The van der Waals surface area contributed by atoms with Crippen LogP contribution in [0.15, 0.2) is 35.6 Å². The van der Waals surface area contributed by atoms with E-state index in [2.05, 4.69) is 43.4 Å². The van der Waals surface area contributed by atoms with Crippen molar-refractivity contribution in [3.8, 4) is 0 Å². The lowest BCUT2D eigenvalue weighted by molar-refractivity contribution is -0.119. The molecule has 2 aromatic heterocycles. The average molecular weight is 428 g/mol. The molecule has 0 radical (unpaired) electrons. The lowest BCUT2D eigenvalue weighted by atomic mass is 10.1. The molecule has 1 aliphatic heterocycles. The van der Waals surface area contributed by atoms with Crippen molar-refractivity contribution in [2.45, 2.75) is 23.9 Å². The first-order chi connectivity index (χ1) is 14.3. The minimum absolute atomic E-state index is 0.0291. The molecule has 1 aromatic carbocycles. The number of nitrogens with one attached hydrogen (secondary N) is 1. The molecule has 2 aliphatic rings. The number of hydrogen-bond donors (Lipinski definition) is 1. The molecule has 1 amide bonds. The molecule has 0 spiro atoms. The largest absolute Gasteiger partial charge is 0.378 e. The van der Waals surface area contributed by atoms with Crippen LogP contribution in [-0.2, 0) is 16.0 Å². The zero-order valence-corrected chi connectivity index (χ0v) is 17.5. The summed E-state index contributed by atoms with van der Waals surface area (Å²) in [5.74, 6) is 0.358. The van der Waals surface area contributed by atoms with Gasteiger partial charge < -0.3 is 15.0 Å². The molecule has 3 aromatic rings. The normalized spacial score (nSPS) is 18.8. The second-order valence-corrected chi connectivity index (χ2v) is 9.02. The van der Waals surface area contributed by atoms with Crippen molar-refractivity contribution in [2.24, 2.45) is 0 Å². The summed E-state index contributed by atoms with van der Waals surface area (Å²) >= 11 is 3.03. The van der Waals surface area contributed by atoms with Crippen LogP contribution in [0.25, 0.3) is 10.3 Å².